The van der Waals surface area contributed by atoms with Crippen LogP contribution in [-0.4, -0.2) is 24.7 Å². The van der Waals surface area contributed by atoms with Gasteiger partial charge in [0.25, 0.3) is 0 Å². The molecule has 25 heavy (non-hydrogen) atoms. The van der Waals surface area contributed by atoms with Crippen LogP contribution in [0.5, 0.6) is 0 Å². The van der Waals surface area contributed by atoms with Crippen LogP contribution in [0, 0.1) is 0 Å². The summed E-state index contributed by atoms with van der Waals surface area (Å²) in [5.41, 5.74) is 3.33. The van der Waals surface area contributed by atoms with E-state index in [1.54, 1.807) is 0 Å². The summed E-state index contributed by atoms with van der Waals surface area (Å²) < 4.78 is 4.61. The van der Waals surface area contributed by atoms with Gasteiger partial charge in [-0.25, -0.2) is 0 Å². The van der Waals surface area contributed by atoms with Crippen molar-refractivity contribution in [1.82, 2.24) is 5.32 Å². The normalized spacial score (nSPS) is 10.1. The smallest absolute Gasteiger partial charge is 0.305 e. The van der Waals surface area contributed by atoms with Crippen LogP contribution in [0.3, 0.4) is 0 Å². The topological polar surface area (TPSA) is 50.4 Å². The number of carbonyl (C=O) groups is 1. The molecule has 0 aromatic heterocycles. The predicted molar refractivity (Wildman–Crippen MR) is 107 cm³/mol. The Bertz CT molecular complexity index is 672. The van der Waals surface area contributed by atoms with Gasteiger partial charge in [-0.3, -0.25) is 4.79 Å². The molecule has 2 aromatic rings. The first kappa shape index (κ1) is 18.9. The van der Waals surface area contributed by atoms with E-state index in [-0.39, 0.29) is 5.97 Å². The second-order valence-electron chi connectivity index (χ2n) is 5.71. The van der Waals surface area contributed by atoms with E-state index < -0.39 is 0 Å². The molecule has 0 aliphatic carbocycles. The molecule has 2 rings (SSSR count). The molecule has 5 heteroatoms. The Hall–Kier alpha value is -2.40. The van der Waals surface area contributed by atoms with Gasteiger partial charge < -0.3 is 15.4 Å². The summed E-state index contributed by atoms with van der Waals surface area (Å²) in [6.07, 6.45) is 3.25. The summed E-state index contributed by atoms with van der Waals surface area (Å²) in [5.74, 6) is -0.149. The van der Waals surface area contributed by atoms with E-state index in [0.717, 1.165) is 31.5 Å². The summed E-state index contributed by atoms with van der Waals surface area (Å²) in [4.78, 5) is 11.0. The SMILES string of the molecule is COC(=O)CCCCCNC(=S)Nc1ccc(-c2ccccc2)cc1. The highest BCUT2D eigenvalue weighted by atomic mass is 32.1. The molecule has 132 valence electrons. The van der Waals surface area contributed by atoms with Crippen molar-refractivity contribution >= 4 is 29.0 Å². The Morgan fingerprint density at radius 1 is 0.960 bits per heavy atom. The maximum atomic E-state index is 11.0. The Kier molecular flexibility index (Phi) is 7.92. The van der Waals surface area contributed by atoms with E-state index in [1.165, 1.54) is 18.2 Å². The average molecular weight is 356 g/mol. The molecular formula is C20H24N2O2S. The predicted octanol–water partition coefficient (Wildman–Crippen LogP) is 4.37. The quantitative estimate of drug-likeness (QED) is 0.418. The minimum Gasteiger partial charge on any atom is -0.469 e. The van der Waals surface area contributed by atoms with Crippen molar-refractivity contribution in [1.29, 1.82) is 0 Å². The van der Waals surface area contributed by atoms with E-state index in [1.807, 2.05) is 30.3 Å². The third-order valence-electron chi connectivity index (χ3n) is 3.82. The molecule has 0 amide bonds. The number of thiocarbonyl (C=S) groups is 1. The standard InChI is InChI=1S/C20H24N2O2S/c1-24-19(23)10-6-3-7-15-21-20(25)22-18-13-11-17(12-14-18)16-8-4-2-5-9-16/h2,4-5,8-9,11-14H,3,6-7,10,15H2,1H3,(H2,21,22,25). The summed E-state index contributed by atoms with van der Waals surface area (Å²) in [7, 11) is 1.42. The molecule has 0 saturated carbocycles. The number of hydrogen-bond donors (Lipinski definition) is 2. The summed E-state index contributed by atoms with van der Waals surface area (Å²) in [6.45, 7) is 0.787. The number of rotatable bonds is 8. The van der Waals surface area contributed by atoms with Crippen LogP contribution in [0.4, 0.5) is 5.69 Å². The van der Waals surface area contributed by atoms with Crippen LogP contribution in [0.15, 0.2) is 54.6 Å². The lowest BCUT2D eigenvalue weighted by molar-refractivity contribution is -0.140. The maximum absolute atomic E-state index is 11.0. The van der Waals surface area contributed by atoms with Crippen LogP contribution in [-0.2, 0) is 9.53 Å². The highest BCUT2D eigenvalue weighted by Crippen LogP contribution is 2.20. The van der Waals surface area contributed by atoms with Crippen LogP contribution in [0.2, 0.25) is 0 Å². The van der Waals surface area contributed by atoms with Crippen LogP contribution < -0.4 is 10.6 Å². The molecule has 0 aliphatic heterocycles. The van der Waals surface area contributed by atoms with Gasteiger partial charge in [-0.1, -0.05) is 48.9 Å². The first-order chi connectivity index (χ1) is 12.2. The monoisotopic (exact) mass is 356 g/mol. The minimum absolute atomic E-state index is 0.149. The number of benzene rings is 2. The Labute approximate surface area is 154 Å². The molecule has 2 N–H and O–H groups in total. The highest BCUT2D eigenvalue weighted by Gasteiger charge is 2.01. The number of ether oxygens (including phenoxy) is 1. The second kappa shape index (κ2) is 10.5. The van der Waals surface area contributed by atoms with Gasteiger partial charge in [0.2, 0.25) is 0 Å². The lowest BCUT2D eigenvalue weighted by atomic mass is 10.1. The van der Waals surface area contributed by atoms with Gasteiger partial charge in [0.05, 0.1) is 7.11 Å². The molecule has 0 atom stereocenters. The van der Waals surface area contributed by atoms with Crippen LogP contribution >= 0.6 is 12.2 Å². The van der Waals surface area contributed by atoms with Gasteiger partial charge in [0.15, 0.2) is 5.11 Å². The molecule has 0 radical (unpaired) electrons. The summed E-state index contributed by atoms with van der Waals surface area (Å²) in [5, 5.41) is 6.98. The Morgan fingerprint density at radius 2 is 1.64 bits per heavy atom. The van der Waals surface area contributed by atoms with Gasteiger partial charge >= 0.3 is 5.97 Å². The Balaban J connectivity index is 1.68. The fourth-order valence-corrected chi connectivity index (χ4v) is 2.65. The van der Waals surface area contributed by atoms with Gasteiger partial charge in [0.1, 0.15) is 0 Å². The zero-order valence-corrected chi connectivity index (χ0v) is 15.3. The highest BCUT2D eigenvalue weighted by molar-refractivity contribution is 7.80. The van der Waals surface area contributed by atoms with Crippen molar-refractivity contribution in [3.05, 3.63) is 54.6 Å². The number of nitrogens with one attached hydrogen (secondary N) is 2. The van der Waals surface area contributed by atoms with Gasteiger partial charge in [-0.15, -0.1) is 0 Å². The van der Waals surface area contributed by atoms with Crippen LogP contribution in [0.1, 0.15) is 25.7 Å². The maximum Gasteiger partial charge on any atom is 0.305 e. The Morgan fingerprint density at radius 3 is 2.32 bits per heavy atom. The molecule has 2 aromatic carbocycles. The summed E-state index contributed by atoms with van der Waals surface area (Å²) in [6, 6.07) is 18.5. The van der Waals surface area contributed by atoms with Crippen molar-refractivity contribution in [2.75, 3.05) is 19.0 Å². The third-order valence-corrected chi connectivity index (χ3v) is 4.07. The zero-order valence-electron chi connectivity index (χ0n) is 14.5. The molecule has 0 fully saturated rings. The number of unbranched alkanes of at least 4 members (excludes halogenated alkanes) is 2. The molecule has 0 spiro atoms. The van der Waals surface area contributed by atoms with Crippen molar-refractivity contribution < 1.29 is 9.53 Å². The fourth-order valence-electron chi connectivity index (χ4n) is 2.43. The number of methoxy groups -OCH3 is 1. The molecule has 4 nitrogen and oxygen atoms in total. The minimum atomic E-state index is -0.149. The fraction of sp³-hybridized carbons (Fsp3) is 0.300. The number of anilines is 1. The molecule has 0 aliphatic rings. The lowest BCUT2D eigenvalue weighted by Gasteiger charge is -2.11. The first-order valence-electron chi connectivity index (χ1n) is 8.46. The van der Waals surface area contributed by atoms with Crippen molar-refractivity contribution in [2.45, 2.75) is 25.7 Å². The van der Waals surface area contributed by atoms with Gasteiger partial charge in [0, 0.05) is 18.7 Å². The summed E-state index contributed by atoms with van der Waals surface area (Å²) >= 11 is 5.30. The first-order valence-corrected chi connectivity index (χ1v) is 8.87. The van der Waals surface area contributed by atoms with Gasteiger partial charge in [-0.2, -0.15) is 0 Å². The molecule has 0 unspecified atom stereocenters. The third kappa shape index (κ3) is 6.93. The van der Waals surface area contributed by atoms with Crippen molar-refractivity contribution in [3.63, 3.8) is 0 Å². The number of hydrogen-bond acceptors (Lipinski definition) is 3. The molecule has 0 bridgehead atoms. The van der Waals surface area contributed by atoms with E-state index in [9.17, 15) is 4.79 Å². The number of carbonyl (C=O) groups excluding carboxylic acids is 1. The molecule has 0 heterocycles. The van der Waals surface area contributed by atoms with Crippen molar-refractivity contribution in [2.24, 2.45) is 0 Å². The van der Waals surface area contributed by atoms with Crippen molar-refractivity contribution in [3.8, 4) is 11.1 Å². The van der Waals surface area contributed by atoms with E-state index in [0.29, 0.717) is 11.5 Å². The van der Waals surface area contributed by atoms with Gasteiger partial charge in [-0.05, 0) is 48.3 Å². The number of esters is 1. The zero-order chi connectivity index (χ0) is 17.9. The second-order valence-corrected chi connectivity index (χ2v) is 6.12. The van der Waals surface area contributed by atoms with Crippen LogP contribution in [0.25, 0.3) is 11.1 Å². The molecular weight excluding hydrogens is 332 g/mol. The van der Waals surface area contributed by atoms with E-state index in [2.05, 4.69) is 39.6 Å². The van der Waals surface area contributed by atoms with E-state index >= 15 is 0 Å². The lowest BCUT2D eigenvalue weighted by Crippen LogP contribution is -2.29. The average Bonchev–Trinajstić information content (AvgIpc) is 2.65. The van der Waals surface area contributed by atoms with E-state index in [4.69, 9.17) is 12.2 Å². The molecule has 0 saturated heterocycles. The largest absolute Gasteiger partial charge is 0.469 e.